The smallest absolute Gasteiger partial charge is 0.548 e. The number of nitrogens with two attached hydrogens (primary N) is 1. The van der Waals surface area contributed by atoms with Crippen molar-refractivity contribution in [2.24, 2.45) is 5.73 Å². The van der Waals surface area contributed by atoms with Crippen molar-refractivity contribution in [3.8, 4) is 0 Å². The van der Waals surface area contributed by atoms with Gasteiger partial charge >= 0.3 is 35.6 Å². The van der Waals surface area contributed by atoms with E-state index in [0.29, 0.717) is 5.56 Å². The first-order valence-corrected chi connectivity index (χ1v) is 7.63. The maximum atomic E-state index is 11.6. The monoisotopic (exact) mass is 373 g/mol. The minimum absolute atomic E-state index is 0. The van der Waals surface area contributed by atoms with Gasteiger partial charge in [-0.3, -0.25) is 4.55 Å². The molecule has 1 aromatic carbocycles. The van der Waals surface area contributed by atoms with Gasteiger partial charge in [-0.05, 0) is 24.6 Å². The molecule has 0 aliphatic rings. The van der Waals surface area contributed by atoms with E-state index >= 15 is 0 Å². The average molecular weight is 374 g/mol. The van der Waals surface area contributed by atoms with E-state index in [1.54, 1.807) is 0 Å². The topological polar surface area (TPSA) is 162 Å². The molecule has 0 radical (unpaired) electrons. The average Bonchev–Trinajstić information content (AvgIpc) is 2.39. The van der Waals surface area contributed by atoms with Gasteiger partial charge in [-0.25, -0.2) is 4.79 Å². The van der Waals surface area contributed by atoms with Crippen LogP contribution in [0, 0.1) is 6.92 Å². The summed E-state index contributed by atoms with van der Waals surface area (Å²) in [6.45, 7) is 1.12. The van der Waals surface area contributed by atoms with Gasteiger partial charge in [-0.15, -0.1) is 0 Å². The van der Waals surface area contributed by atoms with Gasteiger partial charge in [0.2, 0.25) is 0 Å². The summed E-state index contributed by atoms with van der Waals surface area (Å²) in [6.07, 6.45) is 0. The van der Waals surface area contributed by atoms with Crippen LogP contribution < -0.4 is 51.0 Å². The maximum absolute atomic E-state index is 11.6. The molecule has 1 rings (SSSR count). The minimum atomic E-state index is -4.50. The van der Waals surface area contributed by atoms with Crippen LogP contribution in [0.5, 0.6) is 0 Å². The molecule has 0 saturated heterocycles. The summed E-state index contributed by atoms with van der Waals surface area (Å²) in [6, 6.07) is -0.182. The number of rotatable bonds is 5. The Morgan fingerprint density at radius 1 is 1.43 bits per heavy atom. The van der Waals surface area contributed by atoms with Crippen LogP contribution in [-0.4, -0.2) is 37.6 Å². The number of carboxylic acid groups (broad SMARTS) is 1. The van der Waals surface area contributed by atoms with Gasteiger partial charge in [0.05, 0.1) is 16.9 Å². The molecule has 0 fully saturated rings. The van der Waals surface area contributed by atoms with Gasteiger partial charge in [0.25, 0.3) is 10.1 Å². The number of hydrogen-bond acceptors (Lipinski definition) is 6. The fraction of sp³-hybridized carbons (Fsp3) is 0.273. The van der Waals surface area contributed by atoms with Crippen LogP contribution in [0.25, 0.3) is 0 Å². The second kappa shape index (κ2) is 8.83. The largest absolute Gasteiger partial charge is 1.00 e. The normalized spacial score (nSPS) is 12.0. The Hall–Kier alpha value is -0.880. The third-order valence-corrected chi connectivity index (χ3v) is 3.87. The molecule has 1 atom stereocenters. The fourth-order valence-corrected chi connectivity index (χ4v) is 2.20. The van der Waals surface area contributed by atoms with Crippen LogP contribution in [0.3, 0.4) is 0 Å². The van der Waals surface area contributed by atoms with E-state index in [9.17, 15) is 23.1 Å². The molecule has 5 N–H and O–H groups in total. The summed E-state index contributed by atoms with van der Waals surface area (Å²) in [5.41, 5.74) is 5.54. The maximum Gasteiger partial charge on any atom is 1.00 e. The first-order chi connectivity index (χ1) is 10.0. The van der Waals surface area contributed by atoms with Crippen molar-refractivity contribution >= 4 is 39.4 Å². The van der Waals surface area contributed by atoms with Gasteiger partial charge < -0.3 is 26.3 Å². The number of carbonyl (C=O) groups excluding carboxylic acids is 2. The number of anilines is 1. The zero-order chi connectivity index (χ0) is 17.1. The zero-order valence-corrected chi connectivity index (χ0v) is 15.9. The summed E-state index contributed by atoms with van der Waals surface area (Å²) >= 11 is 5.82. The predicted octanol–water partition coefficient (Wildman–Crippen LogP) is -3.90. The molecule has 0 aliphatic carbocycles. The number of carbonyl (C=O) groups is 2. The molecule has 1 aromatic rings. The van der Waals surface area contributed by atoms with Crippen molar-refractivity contribution in [3.05, 3.63) is 22.7 Å². The quantitative estimate of drug-likeness (QED) is 0.303. The predicted molar refractivity (Wildman–Crippen MR) is 76.0 cm³/mol. The van der Waals surface area contributed by atoms with Crippen molar-refractivity contribution < 1.29 is 57.2 Å². The van der Waals surface area contributed by atoms with Crippen molar-refractivity contribution in [3.63, 3.8) is 0 Å². The molecule has 9 nitrogen and oxygen atoms in total. The number of carboxylic acids is 1. The second-order valence-corrected chi connectivity index (χ2v) is 6.14. The van der Waals surface area contributed by atoms with E-state index in [4.69, 9.17) is 21.9 Å². The molecule has 0 saturated carbocycles. The third kappa shape index (κ3) is 6.63. The Morgan fingerprint density at radius 3 is 2.48 bits per heavy atom. The van der Waals surface area contributed by atoms with E-state index in [-0.39, 0.29) is 46.8 Å². The molecule has 0 aromatic heterocycles. The van der Waals surface area contributed by atoms with Crippen LogP contribution >= 0.6 is 11.6 Å². The number of amides is 2. The molecular weight excluding hydrogens is 361 g/mol. The molecular formula is C11H13ClN3NaO6S. The Kier molecular flexibility index (Phi) is 8.49. The van der Waals surface area contributed by atoms with Gasteiger partial charge in [0.15, 0.2) is 0 Å². The van der Waals surface area contributed by atoms with Crippen molar-refractivity contribution in [2.75, 3.05) is 11.9 Å². The molecule has 0 spiro atoms. The Morgan fingerprint density at radius 2 is 2.00 bits per heavy atom. The number of aliphatic carboxylic acids is 1. The summed E-state index contributed by atoms with van der Waals surface area (Å²) in [4.78, 5) is 21.5. The Labute approximate surface area is 159 Å². The van der Waals surface area contributed by atoms with E-state index in [0.717, 1.165) is 12.1 Å². The van der Waals surface area contributed by atoms with Gasteiger partial charge in [0.1, 0.15) is 0 Å². The summed E-state index contributed by atoms with van der Waals surface area (Å²) in [5, 5.41) is 14.9. The molecule has 122 valence electrons. The van der Waals surface area contributed by atoms with E-state index in [1.165, 1.54) is 6.92 Å². The summed E-state index contributed by atoms with van der Waals surface area (Å²) < 4.78 is 31.2. The number of nitrogens with one attached hydrogen (secondary N) is 2. The van der Waals surface area contributed by atoms with Crippen LogP contribution in [0.2, 0.25) is 5.02 Å². The number of urea groups is 1. The number of hydrogen-bond donors (Lipinski definition) is 4. The number of halogens is 1. The SMILES string of the molecule is Cc1c(Cl)cc(S(=O)(=O)O)cc1NC(=O)NCC(N)C(=O)[O-].[Na+]. The van der Waals surface area contributed by atoms with Gasteiger partial charge in [-0.2, -0.15) is 8.42 Å². The van der Waals surface area contributed by atoms with Crippen molar-refractivity contribution in [1.29, 1.82) is 0 Å². The first-order valence-electron chi connectivity index (χ1n) is 5.81. The molecule has 23 heavy (non-hydrogen) atoms. The minimum Gasteiger partial charge on any atom is -0.548 e. The Balaban J connectivity index is 0.00000484. The standard InChI is InChI=1S/C11H14ClN3O6S.Na/c1-5-7(12)2-6(22(19,20)21)3-9(5)15-11(18)14-4-8(13)10(16)17;/h2-3,8H,4,13H2,1H3,(H,16,17)(H2,14,15,18)(H,19,20,21);/q;+1/p-1. The van der Waals surface area contributed by atoms with Crippen molar-refractivity contribution in [1.82, 2.24) is 5.32 Å². The molecule has 0 heterocycles. The van der Waals surface area contributed by atoms with E-state index < -0.39 is 33.1 Å². The summed E-state index contributed by atoms with van der Waals surface area (Å²) in [7, 11) is -4.50. The van der Waals surface area contributed by atoms with Gasteiger partial charge in [-0.1, -0.05) is 11.6 Å². The fourth-order valence-electron chi connectivity index (χ4n) is 1.39. The zero-order valence-electron chi connectivity index (χ0n) is 12.3. The molecule has 0 aliphatic heterocycles. The molecule has 1 unspecified atom stereocenters. The van der Waals surface area contributed by atoms with Crippen LogP contribution in [-0.2, 0) is 14.9 Å². The van der Waals surface area contributed by atoms with E-state index in [2.05, 4.69) is 10.6 Å². The van der Waals surface area contributed by atoms with Crippen LogP contribution in [0.4, 0.5) is 10.5 Å². The van der Waals surface area contributed by atoms with Crippen molar-refractivity contribution in [2.45, 2.75) is 17.9 Å². The first kappa shape index (κ1) is 22.1. The van der Waals surface area contributed by atoms with E-state index in [1.807, 2.05) is 0 Å². The number of benzene rings is 1. The second-order valence-electron chi connectivity index (χ2n) is 4.31. The Bertz CT molecular complexity index is 712. The van der Waals surface area contributed by atoms with Gasteiger partial charge in [0, 0.05) is 17.3 Å². The molecule has 12 heteroatoms. The molecule has 2 amide bonds. The molecule has 0 bridgehead atoms. The van der Waals surface area contributed by atoms with Crippen LogP contribution in [0.1, 0.15) is 5.56 Å². The van der Waals surface area contributed by atoms with Crippen LogP contribution in [0.15, 0.2) is 17.0 Å². The third-order valence-electron chi connectivity index (χ3n) is 2.65. The summed E-state index contributed by atoms with van der Waals surface area (Å²) in [5.74, 6) is -1.53.